The van der Waals surface area contributed by atoms with Crippen LogP contribution in [0.15, 0.2) is 53.4 Å². The molecule has 1 N–H and O–H groups in total. The second-order valence-corrected chi connectivity index (χ2v) is 8.21. The molecule has 8 heteroatoms. The predicted molar refractivity (Wildman–Crippen MR) is 122 cm³/mol. The summed E-state index contributed by atoms with van der Waals surface area (Å²) in [5.41, 5.74) is 1.49. The highest BCUT2D eigenvalue weighted by Crippen LogP contribution is 2.25. The molecular formula is C23H27N3O4S. The zero-order valence-electron chi connectivity index (χ0n) is 17.8. The van der Waals surface area contributed by atoms with Crippen molar-refractivity contribution in [2.24, 2.45) is 0 Å². The number of nitrogens with zero attached hydrogens (tertiary/aromatic N) is 2. The lowest BCUT2D eigenvalue weighted by atomic mass is 10.1. The molecule has 3 amide bonds. The summed E-state index contributed by atoms with van der Waals surface area (Å²) in [6.45, 7) is 5.79. The molecule has 2 aromatic rings. The van der Waals surface area contributed by atoms with E-state index >= 15 is 0 Å². The molecule has 1 aliphatic rings. The molecule has 2 aromatic carbocycles. The third-order valence-electron chi connectivity index (χ3n) is 4.93. The third-order valence-corrected chi connectivity index (χ3v) is 5.89. The van der Waals surface area contributed by atoms with Gasteiger partial charge in [0.05, 0.1) is 23.4 Å². The SMILES string of the molecule is CCOC(=O)N1CCN(C(=O)c2ccccc2NC(=O)c2ccccc2SCC)CC1. The fraction of sp³-hybridized carbons (Fsp3) is 0.348. The van der Waals surface area contributed by atoms with Crippen LogP contribution in [-0.2, 0) is 4.74 Å². The molecule has 31 heavy (non-hydrogen) atoms. The number of hydrogen-bond donors (Lipinski definition) is 1. The minimum atomic E-state index is -0.356. The van der Waals surface area contributed by atoms with E-state index in [1.807, 2.05) is 25.1 Å². The number of benzene rings is 2. The number of piperazine rings is 1. The molecule has 0 saturated carbocycles. The molecular weight excluding hydrogens is 414 g/mol. The van der Waals surface area contributed by atoms with E-state index in [9.17, 15) is 14.4 Å². The van der Waals surface area contributed by atoms with Crippen LogP contribution in [0.5, 0.6) is 0 Å². The molecule has 0 aliphatic carbocycles. The first-order valence-electron chi connectivity index (χ1n) is 10.4. The Labute approximate surface area is 186 Å². The van der Waals surface area contributed by atoms with Crippen LogP contribution < -0.4 is 5.32 Å². The van der Waals surface area contributed by atoms with E-state index < -0.39 is 0 Å². The second-order valence-electron chi connectivity index (χ2n) is 6.91. The van der Waals surface area contributed by atoms with Gasteiger partial charge in [0.1, 0.15) is 0 Å². The summed E-state index contributed by atoms with van der Waals surface area (Å²) in [5.74, 6) is 0.441. The van der Waals surface area contributed by atoms with Gasteiger partial charge in [0.25, 0.3) is 11.8 Å². The average molecular weight is 442 g/mol. The van der Waals surface area contributed by atoms with Crippen molar-refractivity contribution < 1.29 is 19.1 Å². The summed E-state index contributed by atoms with van der Waals surface area (Å²) in [6, 6.07) is 14.4. The van der Waals surface area contributed by atoms with Crippen molar-refractivity contribution >= 4 is 35.4 Å². The van der Waals surface area contributed by atoms with Gasteiger partial charge in [-0.3, -0.25) is 9.59 Å². The smallest absolute Gasteiger partial charge is 0.409 e. The Morgan fingerprint density at radius 1 is 0.903 bits per heavy atom. The molecule has 0 atom stereocenters. The summed E-state index contributed by atoms with van der Waals surface area (Å²) in [5, 5.41) is 2.91. The van der Waals surface area contributed by atoms with Crippen LogP contribution in [0.4, 0.5) is 10.5 Å². The van der Waals surface area contributed by atoms with Crippen molar-refractivity contribution in [3.05, 3.63) is 59.7 Å². The molecule has 0 unspecified atom stereocenters. The summed E-state index contributed by atoms with van der Waals surface area (Å²) >= 11 is 1.60. The second kappa shape index (κ2) is 10.9. The zero-order chi connectivity index (χ0) is 22.2. The Balaban J connectivity index is 1.72. The molecule has 7 nitrogen and oxygen atoms in total. The van der Waals surface area contributed by atoms with Crippen molar-refractivity contribution in [2.45, 2.75) is 18.7 Å². The number of amides is 3. The lowest BCUT2D eigenvalue weighted by molar-refractivity contribution is 0.0571. The number of anilines is 1. The molecule has 3 rings (SSSR count). The number of ether oxygens (including phenoxy) is 1. The maximum atomic E-state index is 13.1. The highest BCUT2D eigenvalue weighted by molar-refractivity contribution is 7.99. The fourth-order valence-corrected chi connectivity index (χ4v) is 4.18. The fourth-order valence-electron chi connectivity index (χ4n) is 3.38. The van der Waals surface area contributed by atoms with Crippen molar-refractivity contribution in [3.63, 3.8) is 0 Å². The first-order valence-corrected chi connectivity index (χ1v) is 11.4. The minimum absolute atomic E-state index is 0.171. The Hall–Kier alpha value is -3.00. The van der Waals surface area contributed by atoms with Crippen LogP contribution in [0.25, 0.3) is 0 Å². The van der Waals surface area contributed by atoms with E-state index in [0.29, 0.717) is 49.6 Å². The van der Waals surface area contributed by atoms with Crippen LogP contribution in [-0.4, -0.2) is 66.2 Å². The zero-order valence-corrected chi connectivity index (χ0v) is 18.6. The molecule has 1 saturated heterocycles. The van der Waals surface area contributed by atoms with E-state index in [1.165, 1.54) is 0 Å². The van der Waals surface area contributed by atoms with Crippen molar-refractivity contribution in [1.82, 2.24) is 9.80 Å². The monoisotopic (exact) mass is 441 g/mol. The predicted octanol–water partition coefficient (Wildman–Crippen LogP) is 3.97. The average Bonchev–Trinajstić information content (AvgIpc) is 2.80. The number of thioether (sulfide) groups is 1. The van der Waals surface area contributed by atoms with Gasteiger partial charge in [0.15, 0.2) is 0 Å². The van der Waals surface area contributed by atoms with Crippen LogP contribution in [0.3, 0.4) is 0 Å². The molecule has 0 bridgehead atoms. The normalized spacial score (nSPS) is 13.6. The molecule has 0 aromatic heterocycles. The van der Waals surface area contributed by atoms with Crippen molar-refractivity contribution in [3.8, 4) is 0 Å². The van der Waals surface area contributed by atoms with Crippen LogP contribution in [0, 0.1) is 0 Å². The van der Waals surface area contributed by atoms with E-state index in [4.69, 9.17) is 4.74 Å². The van der Waals surface area contributed by atoms with Crippen molar-refractivity contribution in [2.75, 3.05) is 43.9 Å². The Morgan fingerprint density at radius 3 is 2.19 bits per heavy atom. The molecule has 1 aliphatic heterocycles. The number of carbonyl (C=O) groups excluding carboxylic acids is 3. The number of carbonyl (C=O) groups is 3. The number of para-hydroxylation sites is 1. The van der Waals surface area contributed by atoms with Gasteiger partial charge >= 0.3 is 6.09 Å². The van der Waals surface area contributed by atoms with Gasteiger partial charge in [-0.2, -0.15) is 0 Å². The molecule has 1 fully saturated rings. The van der Waals surface area contributed by atoms with E-state index in [0.717, 1.165) is 10.6 Å². The van der Waals surface area contributed by atoms with Gasteiger partial charge in [-0.15, -0.1) is 11.8 Å². The quantitative estimate of drug-likeness (QED) is 0.687. The van der Waals surface area contributed by atoms with E-state index in [2.05, 4.69) is 5.32 Å². The maximum absolute atomic E-state index is 13.1. The van der Waals surface area contributed by atoms with E-state index in [1.54, 1.807) is 58.8 Å². The van der Waals surface area contributed by atoms with E-state index in [-0.39, 0.29) is 17.9 Å². The molecule has 1 heterocycles. The highest BCUT2D eigenvalue weighted by atomic mass is 32.2. The van der Waals surface area contributed by atoms with Crippen molar-refractivity contribution in [1.29, 1.82) is 0 Å². The Morgan fingerprint density at radius 2 is 1.52 bits per heavy atom. The first kappa shape index (κ1) is 22.7. The largest absolute Gasteiger partial charge is 0.450 e. The Kier molecular flexibility index (Phi) is 7.94. The van der Waals surface area contributed by atoms with Crippen LogP contribution in [0.2, 0.25) is 0 Å². The van der Waals surface area contributed by atoms with Gasteiger partial charge in [-0.1, -0.05) is 31.2 Å². The lowest BCUT2D eigenvalue weighted by Crippen LogP contribution is -2.50. The summed E-state index contributed by atoms with van der Waals surface area (Å²) < 4.78 is 5.03. The highest BCUT2D eigenvalue weighted by Gasteiger charge is 2.27. The van der Waals surface area contributed by atoms with Crippen LogP contribution >= 0.6 is 11.8 Å². The summed E-state index contributed by atoms with van der Waals surface area (Å²) in [4.78, 5) is 42.2. The minimum Gasteiger partial charge on any atom is -0.450 e. The van der Waals surface area contributed by atoms with Gasteiger partial charge < -0.3 is 19.9 Å². The van der Waals surface area contributed by atoms with Gasteiger partial charge in [0.2, 0.25) is 0 Å². The first-order chi connectivity index (χ1) is 15.0. The third kappa shape index (κ3) is 5.58. The van der Waals surface area contributed by atoms with Crippen LogP contribution in [0.1, 0.15) is 34.6 Å². The standard InChI is InChI=1S/C23H27N3O4S/c1-3-30-23(29)26-15-13-25(14-16-26)22(28)17-9-5-7-11-19(17)24-21(27)18-10-6-8-12-20(18)31-4-2/h5-12H,3-4,13-16H2,1-2H3,(H,24,27). The molecule has 0 spiro atoms. The number of nitrogens with one attached hydrogen (secondary N) is 1. The molecule has 164 valence electrons. The summed E-state index contributed by atoms with van der Waals surface area (Å²) in [7, 11) is 0. The van der Waals surface area contributed by atoms with Gasteiger partial charge in [0, 0.05) is 31.1 Å². The topological polar surface area (TPSA) is 79.0 Å². The molecule has 0 radical (unpaired) electrons. The Bertz CT molecular complexity index is 942. The number of rotatable bonds is 6. The number of hydrogen-bond acceptors (Lipinski definition) is 5. The van der Waals surface area contributed by atoms with Gasteiger partial charge in [-0.25, -0.2) is 4.79 Å². The lowest BCUT2D eigenvalue weighted by Gasteiger charge is -2.34. The van der Waals surface area contributed by atoms with Gasteiger partial charge in [-0.05, 0) is 36.9 Å². The maximum Gasteiger partial charge on any atom is 0.409 e. The summed E-state index contributed by atoms with van der Waals surface area (Å²) in [6.07, 6.45) is -0.356.